The van der Waals surface area contributed by atoms with Crippen LogP contribution < -0.4 is 5.32 Å². The number of anilines is 2. The van der Waals surface area contributed by atoms with Crippen molar-refractivity contribution in [2.75, 3.05) is 5.32 Å². The molecule has 4 aromatic rings. The van der Waals surface area contributed by atoms with Gasteiger partial charge in [-0.25, -0.2) is 4.98 Å². The van der Waals surface area contributed by atoms with Crippen molar-refractivity contribution >= 4 is 34.0 Å². The largest absolute Gasteiger partial charge is 0.355 e. The van der Waals surface area contributed by atoms with Crippen molar-refractivity contribution in [1.82, 2.24) is 4.98 Å². The van der Waals surface area contributed by atoms with E-state index in [0.29, 0.717) is 0 Å². The minimum atomic E-state index is 0.943. The second kappa shape index (κ2) is 6.77. The van der Waals surface area contributed by atoms with Gasteiger partial charge in [0.15, 0.2) is 0 Å². The van der Waals surface area contributed by atoms with Gasteiger partial charge in [0, 0.05) is 20.9 Å². The molecule has 0 aliphatic heterocycles. The summed E-state index contributed by atoms with van der Waals surface area (Å²) in [5, 5.41) is 4.55. The van der Waals surface area contributed by atoms with E-state index in [9.17, 15) is 0 Å². The Kier molecular flexibility index (Phi) is 4.17. The molecule has 2 nitrogen and oxygen atoms in total. The van der Waals surface area contributed by atoms with Gasteiger partial charge in [-0.3, -0.25) is 0 Å². The zero-order valence-corrected chi connectivity index (χ0v) is 13.8. The molecule has 1 N–H and O–H groups in total. The Labute approximate surface area is 145 Å². The van der Waals surface area contributed by atoms with E-state index in [1.807, 2.05) is 30.3 Å². The summed E-state index contributed by atoms with van der Waals surface area (Å²) in [5.41, 5.74) is 3.01. The van der Waals surface area contributed by atoms with E-state index in [4.69, 9.17) is 0 Å². The standard InChI is InChI=1S/C21H15N2S/c1-2-6-17(7-3-1)24-18-12-10-16(11-13-18)23-21-14-15-22-20-9-5-4-8-19(20)21/h1-14H,(H,22,23). The molecule has 3 aromatic carbocycles. The number of nitrogens with one attached hydrogen (secondary N) is 1. The lowest BCUT2D eigenvalue weighted by atomic mass is 10.2. The molecular weight excluding hydrogens is 312 g/mol. The number of fused-ring (bicyclic) bond motifs is 1. The van der Waals surface area contributed by atoms with Crippen LogP contribution in [0.25, 0.3) is 10.9 Å². The lowest BCUT2D eigenvalue weighted by Crippen LogP contribution is -1.92. The Morgan fingerprint density at radius 2 is 1.46 bits per heavy atom. The van der Waals surface area contributed by atoms with Crippen molar-refractivity contribution in [3.63, 3.8) is 0 Å². The zero-order valence-electron chi connectivity index (χ0n) is 12.9. The van der Waals surface area contributed by atoms with Gasteiger partial charge in [0.25, 0.3) is 0 Å². The Hall–Kier alpha value is -2.78. The quantitative estimate of drug-likeness (QED) is 0.503. The van der Waals surface area contributed by atoms with E-state index in [1.54, 1.807) is 11.8 Å². The van der Waals surface area contributed by atoms with E-state index in [2.05, 4.69) is 71.1 Å². The molecule has 115 valence electrons. The van der Waals surface area contributed by atoms with Crippen molar-refractivity contribution in [3.8, 4) is 0 Å². The fourth-order valence-electron chi connectivity index (χ4n) is 2.53. The second-order valence-electron chi connectivity index (χ2n) is 5.38. The Morgan fingerprint density at radius 3 is 2.29 bits per heavy atom. The summed E-state index contributed by atoms with van der Waals surface area (Å²) in [6, 6.07) is 28.8. The van der Waals surface area contributed by atoms with Crippen molar-refractivity contribution in [1.29, 1.82) is 0 Å². The van der Waals surface area contributed by atoms with E-state index in [1.165, 1.54) is 9.79 Å². The first-order chi connectivity index (χ1) is 11.9. The minimum Gasteiger partial charge on any atom is -0.355 e. The number of hydrogen-bond donors (Lipinski definition) is 1. The maximum atomic E-state index is 4.28. The van der Waals surface area contributed by atoms with Crippen LogP contribution in [-0.2, 0) is 0 Å². The Balaban J connectivity index is 1.55. The molecule has 0 aliphatic carbocycles. The van der Waals surface area contributed by atoms with Gasteiger partial charge in [0.2, 0.25) is 0 Å². The van der Waals surface area contributed by atoms with Crippen LogP contribution in [0.1, 0.15) is 0 Å². The number of nitrogens with zero attached hydrogens (tertiary/aromatic N) is 1. The van der Waals surface area contributed by atoms with Crippen LogP contribution in [-0.4, -0.2) is 4.98 Å². The fourth-order valence-corrected chi connectivity index (χ4v) is 3.37. The van der Waals surface area contributed by atoms with Gasteiger partial charge in [0.1, 0.15) is 0 Å². The number of benzene rings is 3. The van der Waals surface area contributed by atoms with E-state index in [-0.39, 0.29) is 0 Å². The summed E-state index contributed by atoms with van der Waals surface area (Å²) < 4.78 is 0. The van der Waals surface area contributed by atoms with E-state index >= 15 is 0 Å². The molecule has 0 saturated carbocycles. The van der Waals surface area contributed by atoms with Crippen LogP contribution in [0, 0.1) is 6.20 Å². The van der Waals surface area contributed by atoms with E-state index in [0.717, 1.165) is 22.3 Å². The highest BCUT2D eigenvalue weighted by atomic mass is 32.2. The van der Waals surface area contributed by atoms with Crippen LogP contribution >= 0.6 is 11.8 Å². The highest BCUT2D eigenvalue weighted by Gasteiger charge is 2.02. The smallest absolute Gasteiger partial charge is 0.0915 e. The maximum absolute atomic E-state index is 4.28. The van der Waals surface area contributed by atoms with Gasteiger partial charge >= 0.3 is 0 Å². The summed E-state index contributed by atoms with van der Waals surface area (Å²) in [6.45, 7) is 0. The van der Waals surface area contributed by atoms with E-state index < -0.39 is 0 Å². The molecule has 0 spiro atoms. The Morgan fingerprint density at radius 1 is 0.750 bits per heavy atom. The van der Waals surface area contributed by atoms with Crippen molar-refractivity contribution in [2.24, 2.45) is 0 Å². The molecule has 1 heterocycles. The lowest BCUT2D eigenvalue weighted by Gasteiger charge is -2.10. The van der Waals surface area contributed by atoms with Crippen LogP contribution in [0.4, 0.5) is 11.4 Å². The molecule has 4 rings (SSSR count). The third-order valence-corrected chi connectivity index (χ3v) is 4.72. The minimum absolute atomic E-state index is 0.943. The number of pyridine rings is 1. The first kappa shape index (κ1) is 14.8. The van der Waals surface area contributed by atoms with Gasteiger partial charge in [0.05, 0.1) is 17.4 Å². The first-order valence-corrected chi connectivity index (χ1v) is 8.56. The lowest BCUT2D eigenvalue weighted by molar-refractivity contribution is 1.38. The highest BCUT2D eigenvalue weighted by molar-refractivity contribution is 7.99. The molecular formula is C21H15N2S. The third kappa shape index (κ3) is 3.26. The second-order valence-corrected chi connectivity index (χ2v) is 6.53. The number of para-hydroxylation sites is 1. The predicted octanol–water partition coefficient (Wildman–Crippen LogP) is 5.93. The summed E-state index contributed by atoms with van der Waals surface area (Å²) in [7, 11) is 0. The van der Waals surface area contributed by atoms with Gasteiger partial charge in [-0.15, -0.1) is 0 Å². The molecule has 24 heavy (non-hydrogen) atoms. The topological polar surface area (TPSA) is 24.9 Å². The number of hydrogen-bond acceptors (Lipinski definition) is 3. The summed E-state index contributed by atoms with van der Waals surface area (Å²) in [6.07, 6.45) is 2.95. The van der Waals surface area contributed by atoms with Crippen LogP contribution in [0.5, 0.6) is 0 Å². The Bertz CT molecular complexity index is 945. The first-order valence-electron chi connectivity index (χ1n) is 7.74. The molecule has 3 heteroatoms. The monoisotopic (exact) mass is 327 g/mol. The van der Waals surface area contributed by atoms with Gasteiger partial charge in [-0.05, 0) is 48.5 Å². The van der Waals surface area contributed by atoms with Crippen LogP contribution in [0.2, 0.25) is 0 Å². The molecule has 0 unspecified atom stereocenters. The van der Waals surface area contributed by atoms with Crippen molar-refractivity contribution < 1.29 is 0 Å². The fraction of sp³-hybridized carbons (Fsp3) is 0. The summed E-state index contributed by atoms with van der Waals surface area (Å²) in [5.74, 6) is 0. The molecule has 0 saturated heterocycles. The molecule has 1 aromatic heterocycles. The van der Waals surface area contributed by atoms with Gasteiger partial charge in [-0.2, -0.15) is 0 Å². The van der Waals surface area contributed by atoms with Gasteiger partial charge in [-0.1, -0.05) is 48.2 Å². The average molecular weight is 327 g/mol. The third-order valence-electron chi connectivity index (χ3n) is 3.70. The number of rotatable bonds is 4. The predicted molar refractivity (Wildman–Crippen MR) is 101 cm³/mol. The normalized spacial score (nSPS) is 10.7. The SMILES string of the molecule is [c]1cc(Nc2ccc(Sc3ccccc3)cc2)c2ccccc2n1. The van der Waals surface area contributed by atoms with Gasteiger partial charge < -0.3 is 5.32 Å². The highest BCUT2D eigenvalue weighted by Crippen LogP contribution is 2.30. The maximum Gasteiger partial charge on any atom is 0.0915 e. The molecule has 0 bridgehead atoms. The van der Waals surface area contributed by atoms with Crippen molar-refractivity contribution in [3.05, 3.63) is 91.1 Å². The molecule has 0 fully saturated rings. The van der Waals surface area contributed by atoms with Crippen molar-refractivity contribution in [2.45, 2.75) is 9.79 Å². The summed E-state index contributed by atoms with van der Waals surface area (Å²) in [4.78, 5) is 6.74. The molecule has 0 atom stereocenters. The summed E-state index contributed by atoms with van der Waals surface area (Å²) >= 11 is 1.76. The average Bonchev–Trinajstić information content (AvgIpc) is 2.65. The van der Waals surface area contributed by atoms with Crippen LogP contribution in [0.15, 0.2) is 94.7 Å². The molecule has 0 amide bonds. The molecule has 1 radical (unpaired) electrons. The zero-order chi connectivity index (χ0) is 16.2. The van der Waals surface area contributed by atoms with Crippen LogP contribution in [0.3, 0.4) is 0 Å². The molecule has 0 aliphatic rings. The number of aromatic nitrogens is 1.